The number of carbonyl (C=O) groups is 1. The summed E-state index contributed by atoms with van der Waals surface area (Å²) in [4.78, 5) is 11.2. The first-order valence-electron chi connectivity index (χ1n) is 4.79. The maximum absolute atomic E-state index is 11.2. The predicted molar refractivity (Wildman–Crippen MR) is 51.4 cm³/mol. The smallest absolute Gasteiger partial charge is 0.407 e. The summed E-state index contributed by atoms with van der Waals surface area (Å²) < 4.78 is 5.05. The van der Waals surface area contributed by atoms with E-state index >= 15 is 0 Å². The van der Waals surface area contributed by atoms with E-state index in [2.05, 4.69) is 11.4 Å². The number of nitrogens with zero attached hydrogens (tertiary/aromatic N) is 1. The second kappa shape index (κ2) is 3.87. The number of carbonyl (C=O) groups excluding carboxylic acids is 1. The monoisotopic (exact) mass is 196 g/mol. The Bertz CT molecular complexity index is 262. The third-order valence-electron chi connectivity index (χ3n) is 2.00. The Morgan fingerprint density at radius 2 is 2.29 bits per heavy atom. The molecule has 1 saturated carbocycles. The van der Waals surface area contributed by atoms with Crippen molar-refractivity contribution >= 4 is 6.09 Å². The molecule has 1 aliphatic carbocycles. The van der Waals surface area contributed by atoms with E-state index in [0.29, 0.717) is 12.5 Å². The van der Waals surface area contributed by atoms with Gasteiger partial charge in [0.25, 0.3) is 0 Å². The first-order chi connectivity index (χ1) is 6.42. The highest BCUT2D eigenvalue weighted by atomic mass is 16.6. The van der Waals surface area contributed by atoms with Gasteiger partial charge in [-0.05, 0) is 33.1 Å². The van der Waals surface area contributed by atoms with Crippen molar-refractivity contribution in [2.24, 2.45) is 11.8 Å². The zero-order chi connectivity index (χ0) is 10.8. The molecular weight excluding hydrogens is 180 g/mol. The van der Waals surface area contributed by atoms with Gasteiger partial charge in [-0.2, -0.15) is 5.26 Å². The van der Waals surface area contributed by atoms with E-state index in [4.69, 9.17) is 10.00 Å². The third kappa shape index (κ3) is 3.65. The lowest BCUT2D eigenvalue weighted by atomic mass is 10.2. The van der Waals surface area contributed by atoms with Crippen molar-refractivity contribution in [2.45, 2.75) is 32.8 Å². The lowest BCUT2D eigenvalue weighted by molar-refractivity contribution is 0.0525. The summed E-state index contributed by atoms with van der Waals surface area (Å²) in [7, 11) is 0. The van der Waals surface area contributed by atoms with Gasteiger partial charge in [0.2, 0.25) is 0 Å². The first-order valence-corrected chi connectivity index (χ1v) is 4.79. The summed E-state index contributed by atoms with van der Waals surface area (Å²) in [6.07, 6.45) is 0.493. The van der Waals surface area contributed by atoms with Gasteiger partial charge in [0.1, 0.15) is 5.60 Å². The van der Waals surface area contributed by atoms with Crippen LogP contribution in [0.25, 0.3) is 0 Å². The molecule has 1 fully saturated rings. The van der Waals surface area contributed by atoms with Crippen LogP contribution in [-0.4, -0.2) is 18.2 Å². The highest BCUT2D eigenvalue weighted by Gasteiger charge is 2.37. The van der Waals surface area contributed by atoms with Gasteiger partial charge in [-0.15, -0.1) is 0 Å². The summed E-state index contributed by atoms with van der Waals surface area (Å²) in [6.45, 7) is 6.01. The molecule has 0 heterocycles. The number of alkyl carbamates (subject to hydrolysis) is 1. The van der Waals surface area contributed by atoms with Crippen molar-refractivity contribution in [3.8, 4) is 6.07 Å². The fourth-order valence-electron chi connectivity index (χ4n) is 1.16. The van der Waals surface area contributed by atoms with Gasteiger partial charge in [-0.25, -0.2) is 4.79 Å². The van der Waals surface area contributed by atoms with Gasteiger partial charge in [-0.1, -0.05) is 0 Å². The lowest BCUT2D eigenvalue weighted by Gasteiger charge is -2.19. The summed E-state index contributed by atoms with van der Waals surface area (Å²) in [6, 6.07) is 2.17. The molecule has 78 valence electrons. The van der Waals surface area contributed by atoms with Crippen LogP contribution in [0, 0.1) is 23.2 Å². The Kier molecular flexibility index (Phi) is 3.00. The molecule has 1 N–H and O–H groups in total. The number of nitrogens with one attached hydrogen (secondary N) is 1. The Balaban J connectivity index is 2.14. The molecule has 4 heteroatoms. The summed E-state index contributed by atoms with van der Waals surface area (Å²) in [5.41, 5.74) is -0.456. The third-order valence-corrected chi connectivity index (χ3v) is 2.00. The lowest BCUT2D eigenvalue weighted by Crippen LogP contribution is -2.33. The van der Waals surface area contributed by atoms with Crippen LogP contribution in [0.2, 0.25) is 0 Å². The fraction of sp³-hybridized carbons (Fsp3) is 0.800. The Morgan fingerprint density at radius 3 is 2.71 bits per heavy atom. The molecule has 1 rings (SSSR count). The molecule has 0 bridgehead atoms. The maximum Gasteiger partial charge on any atom is 0.407 e. The summed E-state index contributed by atoms with van der Waals surface area (Å²) >= 11 is 0. The minimum absolute atomic E-state index is 0.130. The Hall–Kier alpha value is -1.24. The van der Waals surface area contributed by atoms with Crippen molar-refractivity contribution in [1.29, 1.82) is 5.26 Å². The molecule has 2 atom stereocenters. The van der Waals surface area contributed by atoms with E-state index in [0.717, 1.165) is 6.42 Å². The van der Waals surface area contributed by atoms with Crippen LogP contribution < -0.4 is 5.32 Å². The molecule has 0 aromatic heterocycles. The van der Waals surface area contributed by atoms with E-state index in [1.807, 2.05) is 20.8 Å². The average molecular weight is 196 g/mol. The van der Waals surface area contributed by atoms with E-state index in [1.54, 1.807) is 0 Å². The summed E-state index contributed by atoms with van der Waals surface area (Å²) in [5.74, 6) is 0.456. The van der Waals surface area contributed by atoms with Crippen LogP contribution >= 0.6 is 0 Å². The molecule has 4 nitrogen and oxygen atoms in total. The summed E-state index contributed by atoms with van der Waals surface area (Å²) in [5, 5.41) is 11.2. The van der Waals surface area contributed by atoms with Crippen molar-refractivity contribution in [1.82, 2.24) is 5.32 Å². The molecule has 1 aliphatic rings. The molecule has 0 spiro atoms. The Labute approximate surface area is 84.2 Å². The Morgan fingerprint density at radius 1 is 1.64 bits per heavy atom. The van der Waals surface area contributed by atoms with Crippen LogP contribution in [0.3, 0.4) is 0 Å². The van der Waals surface area contributed by atoms with E-state index < -0.39 is 11.7 Å². The van der Waals surface area contributed by atoms with Gasteiger partial charge in [-0.3, -0.25) is 0 Å². The van der Waals surface area contributed by atoms with Gasteiger partial charge < -0.3 is 10.1 Å². The molecule has 0 aromatic rings. The minimum atomic E-state index is -0.456. The van der Waals surface area contributed by atoms with Crippen LogP contribution in [0.5, 0.6) is 0 Å². The normalized spacial score (nSPS) is 25.0. The molecule has 0 aromatic carbocycles. The van der Waals surface area contributed by atoms with Gasteiger partial charge in [0, 0.05) is 6.54 Å². The van der Waals surface area contributed by atoms with Crippen molar-refractivity contribution in [2.75, 3.05) is 6.54 Å². The molecular formula is C10H16N2O2. The maximum atomic E-state index is 11.2. The van der Waals surface area contributed by atoms with E-state index in [1.165, 1.54) is 0 Å². The number of hydrogen-bond acceptors (Lipinski definition) is 3. The molecule has 1 amide bonds. The molecule has 14 heavy (non-hydrogen) atoms. The van der Waals surface area contributed by atoms with Crippen molar-refractivity contribution in [3.05, 3.63) is 0 Å². The topological polar surface area (TPSA) is 62.1 Å². The van der Waals surface area contributed by atoms with Gasteiger partial charge in [0.05, 0.1) is 12.0 Å². The van der Waals surface area contributed by atoms with E-state index in [-0.39, 0.29) is 5.92 Å². The fourth-order valence-corrected chi connectivity index (χ4v) is 1.16. The van der Waals surface area contributed by atoms with Gasteiger partial charge in [0.15, 0.2) is 0 Å². The minimum Gasteiger partial charge on any atom is -0.444 e. The first kappa shape index (κ1) is 10.8. The molecule has 0 saturated heterocycles. The number of amides is 1. The largest absolute Gasteiger partial charge is 0.444 e. The number of ether oxygens (including phenoxy) is 1. The van der Waals surface area contributed by atoms with Crippen molar-refractivity contribution < 1.29 is 9.53 Å². The average Bonchev–Trinajstić information content (AvgIpc) is 2.76. The number of nitriles is 1. The van der Waals surface area contributed by atoms with Crippen LogP contribution in [-0.2, 0) is 4.74 Å². The SMILES string of the molecule is CC(C)(C)OC(=O)NCC1CC1C#N. The highest BCUT2D eigenvalue weighted by molar-refractivity contribution is 5.67. The number of rotatable bonds is 2. The second-order valence-electron chi connectivity index (χ2n) is 4.61. The molecule has 2 unspecified atom stereocenters. The second-order valence-corrected chi connectivity index (χ2v) is 4.61. The van der Waals surface area contributed by atoms with Crippen LogP contribution in [0.4, 0.5) is 4.79 Å². The highest BCUT2D eigenvalue weighted by Crippen LogP contribution is 2.36. The van der Waals surface area contributed by atoms with Crippen molar-refractivity contribution in [3.63, 3.8) is 0 Å². The quantitative estimate of drug-likeness (QED) is 0.730. The standard InChI is InChI=1S/C10H16N2O2/c1-10(2,3)14-9(13)12-6-8-4-7(8)5-11/h7-8H,4,6H2,1-3H3,(H,12,13). The van der Waals surface area contributed by atoms with Crippen LogP contribution in [0.1, 0.15) is 27.2 Å². The predicted octanol–water partition coefficient (Wildman–Crippen LogP) is 1.67. The van der Waals surface area contributed by atoms with Gasteiger partial charge >= 0.3 is 6.09 Å². The molecule has 0 aliphatic heterocycles. The zero-order valence-electron chi connectivity index (χ0n) is 8.83. The van der Waals surface area contributed by atoms with Crippen LogP contribution in [0.15, 0.2) is 0 Å². The van der Waals surface area contributed by atoms with E-state index in [9.17, 15) is 4.79 Å². The molecule has 0 radical (unpaired) electrons. The number of hydrogen-bond donors (Lipinski definition) is 1. The zero-order valence-corrected chi connectivity index (χ0v) is 8.83.